The van der Waals surface area contributed by atoms with Crippen LogP contribution < -0.4 is 5.32 Å². The van der Waals surface area contributed by atoms with Crippen LogP contribution in [-0.4, -0.2) is 7.05 Å². The van der Waals surface area contributed by atoms with E-state index >= 15 is 0 Å². The van der Waals surface area contributed by atoms with E-state index in [9.17, 15) is 0 Å². The van der Waals surface area contributed by atoms with Gasteiger partial charge in [-0.1, -0.05) is 6.07 Å². The molecule has 0 amide bonds. The van der Waals surface area contributed by atoms with Crippen molar-refractivity contribution in [1.29, 1.82) is 0 Å². The van der Waals surface area contributed by atoms with Gasteiger partial charge in [0, 0.05) is 25.2 Å². The van der Waals surface area contributed by atoms with Crippen molar-refractivity contribution in [2.45, 2.75) is 18.9 Å². The highest BCUT2D eigenvalue weighted by Gasteiger charge is 2.13. The monoisotopic (exact) mass is 293 g/mol. The molecule has 1 unspecified atom stereocenters. The molecular formula is C14H15NS3. The predicted molar refractivity (Wildman–Crippen MR) is 84.1 cm³/mol. The Kier molecular flexibility index (Phi) is 3.80. The van der Waals surface area contributed by atoms with E-state index in [-0.39, 0.29) is 0 Å². The molecule has 3 aromatic heterocycles. The topological polar surface area (TPSA) is 12.0 Å². The third-order valence-electron chi connectivity index (χ3n) is 3.11. The van der Waals surface area contributed by atoms with Gasteiger partial charge in [0.1, 0.15) is 0 Å². The summed E-state index contributed by atoms with van der Waals surface area (Å²) in [5, 5.41) is 7.78. The van der Waals surface area contributed by atoms with Crippen molar-refractivity contribution in [2.75, 3.05) is 7.05 Å². The van der Waals surface area contributed by atoms with Gasteiger partial charge < -0.3 is 5.32 Å². The van der Waals surface area contributed by atoms with Crippen molar-refractivity contribution < 1.29 is 0 Å². The highest BCUT2D eigenvalue weighted by Crippen LogP contribution is 2.34. The molecule has 0 aromatic carbocycles. The van der Waals surface area contributed by atoms with Gasteiger partial charge in [0.05, 0.1) is 0 Å². The number of fused-ring (bicyclic) bond motifs is 1. The highest BCUT2D eigenvalue weighted by molar-refractivity contribution is 7.26. The zero-order chi connectivity index (χ0) is 12.4. The minimum absolute atomic E-state index is 0.483. The Balaban J connectivity index is 1.73. The van der Waals surface area contributed by atoms with Gasteiger partial charge in [-0.15, -0.1) is 34.0 Å². The molecule has 0 spiro atoms. The first-order valence-electron chi connectivity index (χ1n) is 6.03. The molecule has 3 rings (SSSR count). The van der Waals surface area contributed by atoms with Crippen LogP contribution in [0.2, 0.25) is 0 Å². The summed E-state index contributed by atoms with van der Waals surface area (Å²) < 4.78 is 2.85. The Labute approximate surface area is 119 Å². The summed E-state index contributed by atoms with van der Waals surface area (Å²) in [5.74, 6) is 0. The minimum Gasteiger partial charge on any atom is -0.312 e. The standard InChI is InChI=1S/C14H15NS3/c1-15-11(5-4-10-3-2-7-16-10)13-9-14-12(18-13)6-8-17-14/h2-3,6-9,11,15H,4-5H2,1H3. The molecule has 3 aromatic rings. The zero-order valence-electron chi connectivity index (χ0n) is 10.2. The number of hydrogen-bond donors (Lipinski definition) is 1. The van der Waals surface area contributed by atoms with Crippen molar-refractivity contribution in [3.63, 3.8) is 0 Å². The molecule has 0 radical (unpaired) electrons. The summed E-state index contributed by atoms with van der Waals surface area (Å²) in [6.45, 7) is 0. The molecule has 0 aliphatic carbocycles. The molecule has 0 saturated heterocycles. The van der Waals surface area contributed by atoms with Crippen LogP contribution >= 0.6 is 34.0 Å². The summed E-state index contributed by atoms with van der Waals surface area (Å²) >= 11 is 5.62. The fourth-order valence-corrected chi connectivity index (χ4v) is 5.12. The Bertz CT molecular complexity index is 577. The van der Waals surface area contributed by atoms with Crippen molar-refractivity contribution in [2.24, 2.45) is 0 Å². The third-order valence-corrected chi connectivity index (χ3v) is 6.25. The first-order chi connectivity index (χ1) is 8.86. The number of aryl methyl sites for hydroxylation is 1. The second-order valence-corrected chi connectivity index (χ2v) is 7.35. The summed E-state index contributed by atoms with van der Waals surface area (Å²) in [4.78, 5) is 2.95. The van der Waals surface area contributed by atoms with Crippen molar-refractivity contribution in [3.05, 3.63) is 44.8 Å². The average Bonchev–Trinajstić information content (AvgIpc) is 3.04. The number of thiophene rings is 3. The smallest absolute Gasteiger partial charge is 0.0454 e. The fraction of sp³-hybridized carbons (Fsp3) is 0.286. The van der Waals surface area contributed by atoms with E-state index in [1.807, 2.05) is 34.0 Å². The lowest BCUT2D eigenvalue weighted by molar-refractivity contribution is 0.560. The lowest BCUT2D eigenvalue weighted by atomic mass is 10.1. The molecule has 1 atom stereocenters. The van der Waals surface area contributed by atoms with Gasteiger partial charge in [-0.25, -0.2) is 0 Å². The minimum atomic E-state index is 0.483. The fourth-order valence-electron chi connectivity index (χ4n) is 2.13. The van der Waals surface area contributed by atoms with Crippen molar-refractivity contribution in [3.8, 4) is 0 Å². The maximum Gasteiger partial charge on any atom is 0.0454 e. The van der Waals surface area contributed by atoms with E-state index in [1.54, 1.807) is 0 Å². The van der Waals surface area contributed by atoms with Gasteiger partial charge in [-0.2, -0.15) is 0 Å². The molecule has 0 aliphatic heterocycles. The van der Waals surface area contributed by atoms with Crippen LogP contribution in [-0.2, 0) is 6.42 Å². The summed E-state index contributed by atoms with van der Waals surface area (Å²) in [6.07, 6.45) is 2.33. The van der Waals surface area contributed by atoms with E-state index in [0.717, 1.165) is 6.42 Å². The molecule has 0 saturated carbocycles. The second kappa shape index (κ2) is 5.53. The Hall–Kier alpha value is -0.680. The molecule has 4 heteroatoms. The molecule has 1 N–H and O–H groups in total. The van der Waals surface area contributed by atoms with Crippen LogP contribution in [0.1, 0.15) is 22.2 Å². The molecular weight excluding hydrogens is 278 g/mol. The molecule has 94 valence electrons. The molecule has 0 fully saturated rings. The van der Waals surface area contributed by atoms with Gasteiger partial charge >= 0.3 is 0 Å². The second-order valence-electron chi connectivity index (χ2n) is 4.26. The predicted octanol–water partition coefficient (Wildman–Crippen LogP) is 4.92. The molecule has 0 aliphatic rings. The van der Waals surface area contributed by atoms with E-state index < -0.39 is 0 Å². The maximum atomic E-state index is 3.45. The first-order valence-corrected chi connectivity index (χ1v) is 8.61. The van der Waals surface area contributed by atoms with Crippen LogP contribution in [0.3, 0.4) is 0 Å². The highest BCUT2D eigenvalue weighted by atomic mass is 32.1. The van der Waals surface area contributed by atoms with Gasteiger partial charge in [-0.3, -0.25) is 0 Å². The van der Waals surface area contributed by atoms with Crippen LogP contribution in [0.5, 0.6) is 0 Å². The third kappa shape index (κ3) is 2.52. The van der Waals surface area contributed by atoms with Crippen molar-refractivity contribution in [1.82, 2.24) is 5.32 Å². The van der Waals surface area contributed by atoms with Crippen LogP contribution in [0.15, 0.2) is 35.0 Å². The Morgan fingerprint density at radius 1 is 1.17 bits per heavy atom. The van der Waals surface area contributed by atoms with Crippen molar-refractivity contribution >= 4 is 43.4 Å². The SMILES string of the molecule is CNC(CCc1cccs1)c1cc2sccc2s1. The van der Waals surface area contributed by atoms with E-state index in [2.05, 4.69) is 47.4 Å². The van der Waals surface area contributed by atoms with Crippen LogP contribution in [0.25, 0.3) is 9.40 Å². The van der Waals surface area contributed by atoms with Crippen LogP contribution in [0.4, 0.5) is 0 Å². The van der Waals surface area contributed by atoms with Crippen LogP contribution in [0, 0.1) is 0 Å². The van der Waals surface area contributed by atoms with Gasteiger partial charge in [0.25, 0.3) is 0 Å². The quantitative estimate of drug-likeness (QED) is 0.704. The first kappa shape index (κ1) is 12.4. The Morgan fingerprint density at radius 3 is 2.83 bits per heavy atom. The summed E-state index contributed by atoms with van der Waals surface area (Å²) in [5.41, 5.74) is 0. The molecule has 3 heterocycles. The van der Waals surface area contributed by atoms with Gasteiger partial charge in [-0.05, 0) is 48.8 Å². The number of hydrogen-bond acceptors (Lipinski definition) is 4. The maximum absolute atomic E-state index is 3.45. The number of rotatable bonds is 5. The van der Waals surface area contributed by atoms with Gasteiger partial charge in [0.15, 0.2) is 0 Å². The summed E-state index contributed by atoms with van der Waals surface area (Å²) in [6, 6.07) is 9.41. The normalized spacial score (nSPS) is 13.2. The lowest BCUT2D eigenvalue weighted by Gasteiger charge is -2.13. The van der Waals surface area contributed by atoms with E-state index in [1.165, 1.54) is 25.6 Å². The summed E-state index contributed by atoms with van der Waals surface area (Å²) in [7, 11) is 2.06. The molecule has 0 bridgehead atoms. The lowest BCUT2D eigenvalue weighted by Crippen LogP contribution is -2.15. The number of nitrogens with one attached hydrogen (secondary N) is 1. The Morgan fingerprint density at radius 2 is 2.11 bits per heavy atom. The van der Waals surface area contributed by atoms with Gasteiger partial charge in [0.2, 0.25) is 0 Å². The zero-order valence-corrected chi connectivity index (χ0v) is 12.6. The molecule has 18 heavy (non-hydrogen) atoms. The largest absolute Gasteiger partial charge is 0.312 e. The average molecular weight is 293 g/mol. The van der Waals surface area contributed by atoms with E-state index in [4.69, 9.17) is 0 Å². The molecule has 1 nitrogen and oxygen atoms in total. The van der Waals surface area contributed by atoms with E-state index in [0.29, 0.717) is 6.04 Å².